The number of hydrogen-bond acceptors (Lipinski definition) is 3. The van der Waals surface area contributed by atoms with Crippen LogP contribution in [-0.2, 0) is 19.3 Å². The van der Waals surface area contributed by atoms with Crippen molar-refractivity contribution in [3.63, 3.8) is 0 Å². The molecular formula is C8H11NO2. The van der Waals surface area contributed by atoms with Gasteiger partial charge in [-0.25, -0.2) is 0 Å². The molecule has 0 atom stereocenters. The molecule has 0 fully saturated rings. The third kappa shape index (κ3) is 1.05. The summed E-state index contributed by atoms with van der Waals surface area (Å²) < 4.78 is 5.07. The topological polar surface area (TPSA) is 46.3 Å². The van der Waals surface area contributed by atoms with E-state index in [4.69, 9.17) is 9.63 Å². The van der Waals surface area contributed by atoms with Crippen LogP contribution < -0.4 is 0 Å². The molecule has 0 radical (unpaired) electrons. The number of aliphatic hydroxyl groups excluding tert-OH is 1. The van der Waals surface area contributed by atoms with E-state index in [0.29, 0.717) is 6.42 Å². The Morgan fingerprint density at radius 2 is 2.36 bits per heavy atom. The summed E-state index contributed by atoms with van der Waals surface area (Å²) >= 11 is 0. The van der Waals surface area contributed by atoms with Crippen LogP contribution in [0.4, 0.5) is 0 Å². The first-order chi connectivity index (χ1) is 5.42. The van der Waals surface area contributed by atoms with Gasteiger partial charge in [-0.3, -0.25) is 0 Å². The second kappa shape index (κ2) is 2.66. The molecule has 1 N–H and O–H groups in total. The molecule has 0 amide bonds. The molecule has 0 unspecified atom stereocenters. The van der Waals surface area contributed by atoms with Crippen molar-refractivity contribution >= 4 is 0 Å². The molecular weight excluding hydrogens is 142 g/mol. The average Bonchev–Trinajstić information content (AvgIpc) is 2.53. The van der Waals surface area contributed by atoms with Crippen molar-refractivity contribution in [3.05, 3.63) is 17.0 Å². The summed E-state index contributed by atoms with van der Waals surface area (Å²) in [6, 6.07) is 0. The Hall–Kier alpha value is -0.830. The molecule has 11 heavy (non-hydrogen) atoms. The summed E-state index contributed by atoms with van der Waals surface area (Å²) in [5.74, 6) is 0.889. The highest BCUT2D eigenvalue weighted by Gasteiger charge is 2.19. The number of rotatable bonds is 2. The highest BCUT2D eigenvalue weighted by atomic mass is 16.5. The van der Waals surface area contributed by atoms with Crippen LogP contribution in [0.5, 0.6) is 0 Å². The molecule has 1 heterocycles. The third-order valence-corrected chi connectivity index (χ3v) is 2.13. The molecule has 1 aromatic rings. The number of aliphatic hydroxyl groups is 1. The normalized spacial score (nSPS) is 15.4. The zero-order chi connectivity index (χ0) is 7.68. The fraction of sp³-hybridized carbons (Fsp3) is 0.625. The van der Waals surface area contributed by atoms with E-state index >= 15 is 0 Å². The van der Waals surface area contributed by atoms with Crippen LogP contribution in [0.2, 0.25) is 0 Å². The lowest BCUT2D eigenvalue weighted by Gasteiger charge is -1.92. The van der Waals surface area contributed by atoms with E-state index in [-0.39, 0.29) is 6.61 Å². The highest BCUT2D eigenvalue weighted by molar-refractivity contribution is 5.27. The van der Waals surface area contributed by atoms with E-state index in [1.807, 2.05) is 0 Å². The van der Waals surface area contributed by atoms with Gasteiger partial charge in [-0.15, -0.1) is 0 Å². The molecule has 60 valence electrons. The smallest absolute Gasteiger partial charge is 0.142 e. The maximum Gasteiger partial charge on any atom is 0.142 e. The van der Waals surface area contributed by atoms with Gasteiger partial charge in [0.15, 0.2) is 0 Å². The number of aromatic nitrogens is 1. The Balaban J connectivity index is 2.27. The molecule has 0 spiro atoms. The van der Waals surface area contributed by atoms with E-state index in [9.17, 15) is 0 Å². The molecule has 0 saturated heterocycles. The van der Waals surface area contributed by atoms with Crippen molar-refractivity contribution in [3.8, 4) is 0 Å². The SMILES string of the molecule is OCCc1onc2c1CCC2. The molecule has 0 saturated carbocycles. The zero-order valence-electron chi connectivity index (χ0n) is 6.34. The summed E-state index contributed by atoms with van der Waals surface area (Å²) in [7, 11) is 0. The largest absolute Gasteiger partial charge is 0.396 e. The van der Waals surface area contributed by atoms with Crippen molar-refractivity contribution in [2.24, 2.45) is 0 Å². The predicted octanol–water partition coefficient (Wildman–Crippen LogP) is 0.698. The Labute approximate surface area is 65.0 Å². The van der Waals surface area contributed by atoms with Gasteiger partial charge in [0, 0.05) is 12.0 Å². The van der Waals surface area contributed by atoms with E-state index in [2.05, 4.69) is 5.16 Å². The molecule has 1 aliphatic rings. The molecule has 1 aliphatic carbocycles. The summed E-state index contributed by atoms with van der Waals surface area (Å²) in [5.41, 5.74) is 2.35. The van der Waals surface area contributed by atoms with Gasteiger partial charge in [-0.2, -0.15) is 0 Å². The minimum atomic E-state index is 0.154. The van der Waals surface area contributed by atoms with Gasteiger partial charge < -0.3 is 9.63 Å². The first-order valence-electron chi connectivity index (χ1n) is 3.99. The van der Waals surface area contributed by atoms with Crippen LogP contribution in [0.15, 0.2) is 4.52 Å². The molecule has 3 nitrogen and oxygen atoms in total. The molecule has 0 aromatic carbocycles. The lowest BCUT2D eigenvalue weighted by molar-refractivity contribution is 0.275. The van der Waals surface area contributed by atoms with Crippen LogP contribution in [0.3, 0.4) is 0 Å². The average molecular weight is 153 g/mol. The first-order valence-corrected chi connectivity index (χ1v) is 3.99. The molecule has 3 heteroatoms. The third-order valence-electron chi connectivity index (χ3n) is 2.13. The van der Waals surface area contributed by atoms with Crippen molar-refractivity contribution in [1.82, 2.24) is 5.16 Å². The minimum Gasteiger partial charge on any atom is -0.396 e. The van der Waals surface area contributed by atoms with Crippen LogP contribution >= 0.6 is 0 Å². The number of hydrogen-bond donors (Lipinski definition) is 1. The van der Waals surface area contributed by atoms with Gasteiger partial charge >= 0.3 is 0 Å². The number of nitrogens with zero attached hydrogens (tertiary/aromatic N) is 1. The summed E-state index contributed by atoms with van der Waals surface area (Å²) in [6.07, 6.45) is 3.92. The Bertz CT molecular complexity index is 255. The zero-order valence-corrected chi connectivity index (χ0v) is 6.34. The summed E-state index contributed by atoms with van der Waals surface area (Å²) in [6.45, 7) is 0.154. The number of aryl methyl sites for hydroxylation is 1. The highest BCUT2D eigenvalue weighted by Crippen LogP contribution is 2.24. The van der Waals surface area contributed by atoms with Crippen LogP contribution in [0, 0.1) is 0 Å². The predicted molar refractivity (Wildman–Crippen MR) is 39.3 cm³/mol. The second-order valence-electron chi connectivity index (χ2n) is 2.86. The van der Waals surface area contributed by atoms with Crippen molar-refractivity contribution in [2.45, 2.75) is 25.7 Å². The standard InChI is InChI=1S/C8H11NO2/c10-5-4-8-6-2-1-3-7(6)9-11-8/h10H,1-5H2. The van der Waals surface area contributed by atoms with Gasteiger partial charge in [0.25, 0.3) is 0 Å². The molecule has 1 aromatic heterocycles. The Morgan fingerprint density at radius 1 is 1.45 bits per heavy atom. The van der Waals surface area contributed by atoms with Crippen LogP contribution in [0.25, 0.3) is 0 Å². The molecule has 0 bridgehead atoms. The van der Waals surface area contributed by atoms with E-state index in [1.165, 1.54) is 12.0 Å². The van der Waals surface area contributed by atoms with Gasteiger partial charge in [0.1, 0.15) is 5.76 Å². The van der Waals surface area contributed by atoms with Crippen molar-refractivity contribution in [1.29, 1.82) is 0 Å². The maximum absolute atomic E-state index is 8.68. The fourth-order valence-electron chi connectivity index (χ4n) is 1.59. The quantitative estimate of drug-likeness (QED) is 0.680. The number of fused-ring (bicyclic) bond motifs is 1. The van der Waals surface area contributed by atoms with E-state index in [1.54, 1.807) is 0 Å². The lowest BCUT2D eigenvalue weighted by Crippen LogP contribution is -1.91. The molecule has 0 aliphatic heterocycles. The first kappa shape index (κ1) is 6.85. The minimum absolute atomic E-state index is 0.154. The van der Waals surface area contributed by atoms with Crippen molar-refractivity contribution in [2.75, 3.05) is 6.61 Å². The summed E-state index contributed by atoms with van der Waals surface area (Å²) in [5, 5.41) is 12.6. The van der Waals surface area contributed by atoms with Crippen molar-refractivity contribution < 1.29 is 9.63 Å². The lowest BCUT2D eigenvalue weighted by atomic mass is 10.2. The van der Waals surface area contributed by atoms with Gasteiger partial charge in [0.2, 0.25) is 0 Å². The van der Waals surface area contributed by atoms with Gasteiger partial charge in [-0.1, -0.05) is 5.16 Å². The maximum atomic E-state index is 8.68. The second-order valence-corrected chi connectivity index (χ2v) is 2.86. The van der Waals surface area contributed by atoms with Crippen LogP contribution in [0.1, 0.15) is 23.4 Å². The van der Waals surface area contributed by atoms with Gasteiger partial charge in [0.05, 0.1) is 12.3 Å². The van der Waals surface area contributed by atoms with Gasteiger partial charge in [-0.05, 0) is 19.3 Å². The Morgan fingerprint density at radius 3 is 3.18 bits per heavy atom. The Kier molecular flexibility index (Phi) is 1.66. The van der Waals surface area contributed by atoms with E-state index < -0.39 is 0 Å². The van der Waals surface area contributed by atoms with Crippen LogP contribution in [-0.4, -0.2) is 16.9 Å². The monoisotopic (exact) mass is 153 g/mol. The van der Waals surface area contributed by atoms with E-state index in [0.717, 1.165) is 24.3 Å². The summed E-state index contributed by atoms with van der Waals surface area (Å²) in [4.78, 5) is 0. The fourth-order valence-corrected chi connectivity index (χ4v) is 1.59. The molecule has 2 rings (SSSR count).